The number of hydrogen-bond donors (Lipinski definition) is 1. The summed E-state index contributed by atoms with van der Waals surface area (Å²) in [6.07, 6.45) is 1.74. The number of nitrogens with one attached hydrogen (secondary N) is 1. The molecule has 0 aromatic heterocycles. The Labute approximate surface area is 107 Å². The number of rotatable bonds is 2. The average Bonchev–Trinajstić information content (AvgIpc) is 2.36. The van der Waals surface area contributed by atoms with Gasteiger partial charge in [0.25, 0.3) is 0 Å². The highest BCUT2D eigenvalue weighted by Crippen LogP contribution is 2.38. The number of ether oxygens (including phenoxy) is 1. The van der Waals surface area contributed by atoms with E-state index in [1.807, 2.05) is 0 Å². The Bertz CT molecular complexity index is 419. The predicted molar refractivity (Wildman–Crippen MR) is 65.5 cm³/mol. The van der Waals surface area contributed by atoms with E-state index in [9.17, 15) is 8.78 Å². The van der Waals surface area contributed by atoms with Crippen molar-refractivity contribution in [3.63, 3.8) is 0 Å². The number of hydrogen-bond acceptors (Lipinski definition) is 2. The second-order valence-electron chi connectivity index (χ2n) is 4.13. The largest absolute Gasteiger partial charge is 0.493 e. The summed E-state index contributed by atoms with van der Waals surface area (Å²) in [5, 5.41) is 3.22. The fraction of sp³-hybridized carbons (Fsp3) is 0.500. The Morgan fingerprint density at radius 3 is 2.59 bits per heavy atom. The molecule has 1 aromatic rings. The van der Waals surface area contributed by atoms with E-state index in [4.69, 9.17) is 4.74 Å². The molecule has 1 aromatic carbocycles. The molecule has 2 rings (SSSR count). The molecule has 17 heavy (non-hydrogen) atoms. The molecule has 1 aliphatic rings. The van der Waals surface area contributed by atoms with Gasteiger partial charge in [0.05, 0.1) is 11.6 Å². The van der Waals surface area contributed by atoms with Crippen LogP contribution in [-0.2, 0) is 0 Å². The summed E-state index contributed by atoms with van der Waals surface area (Å²) in [5.74, 6) is -0.911. The summed E-state index contributed by atoms with van der Waals surface area (Å²) in [5.41, 5.74) is 0.632. The van der Waals surface area contributed by atoms with E-state index in [-0.39, 0.29) is 16.1 Å². The molecule has 5 heteroatoms. The van der Waals surface area contributed by atoms with E-state index in [1.54, 1.807) is 0 Å². The smallest absolute Gasteiger partial charge is 0.182 e. The van der Waals surface area contributed by atoms with Crippen LogP contribution >= 0.6 is 15.9 Å². The van der Waals surface area contributed by atoms with Gasteiger partial charge < -0.3 is 10.1 Å². The highest BCUT2D eigenvalue weighted by atomic mass is 79.9. The van der Waals surface area contributed by atoms with Gasteiger partial charge >= 0.3 is 0 Å². The molecular weight excluding hydrogens is 292 g/mol. The normalized spacial score (nSPS) is 17.2. The topological polar surface area (TPSA) is 21.3 Å². The van der Waals surface area contributed by atoms with Crippen molar-refractivity contribution >= 4 is 15.9 Å². The molecule has 2 nitrogen and oxygen atoms in total. The molecule has 94 valence electrons. The Hall–Kier alpha value is -0.680. The zero-order valence-electron chi connectivity index (χ0n) is 9.53. The Balaban J connectivity index is 2.44. The van der Waals surface area contributed by atoms with Gasteiger partial charge in [-0.25, -0.2) is 8.78 Å². The van der Waals surface area contributed by atoms with E-state index >= 15 is 0 Å². The summed E-state index contributed by atoms with van der Waals surface area (Å²) in [6.45, 7) is 1.74. The van der Waals surface area contributed by atoms with Crippen LogP contribution in [0.4, 0.5) is 8.78 Å². The minimum atomic E-state index is -0.652. The maximum atomic E-state index is 13.9. The lowest BCUT2D eigenvalue weighted by atomic mass is 9.89. The van der Waals surface area contributed by atoms with Crippen LogP contribution in [0.3, 0.4) is 0 Å². The van der Waals surface area contributed by atoms with Crippen LogP contribution in [0.2, 0.25) is 0 Å². The first-order valence-corrected chi connectivity index (χ1v) is 6.36. The van der Waals surface area contributed by atoms with E-state index in [1.165, 1.54) is 13.2 Å². The fourth-order valence-corrected chi connectivity index (χ4v) is 2.53. The van der Waals surface area contributed by atoms with E-state index in [0.717, 1.165) is 25.9 Å². The molecule has 1 aliphatic heterocycles. The van der Waals surface area contributed by atoms with Gasteiger partial charge in [-0.15, -0.1) is 0 Å². The average molecular weight is 306 g/mol. The Kier molecular flexibility index (Phi) is 3.99. The quantitative estimate of drug-likeness (QED) is 0.847. The van der Waals surface area contributed by atoms with Gasteiger partial charge in [-0.2, -0.15) is 0 Å². The summed E-state index contributed by atoms with van der Waals surface area (Å²) in [6, 6.07) is 1.38. The standard InChI is InChI=1S/C12H14BrF2NO/c1-17-12-8(7-2-4-16-5-3-7)6-9(14)10(13)11(12)15/h6-7,16H,2-5H2,1H3. The van der Waals surface area contributed by atoms with Gasteiger partial charge in [0.2, 0.25) is 0 Å². The van der Waals surface area contributed by atoms with Crippen LogP contribution in [0, 0.1) is 11.6 Å². The van der Waals surface area contributed by atoms with Gasteiger partial charge in [-0.1, -0.05) is 0 Å². The Morgan fingerprint density at radius 2 is 2.00 bits per heavy atom. The highest BCUT2D eigenvalue weighted by Gasteiger charge is 2.24. The van der Waals surface area contributed by atoms with Crippen LogP contribution in [0.5, 0.6) is 5.75 Å². The second kappa shape index (κ2) is 5.31. The number of benzene rings is 1. The Morgan fingerprint density at radius 1 is 1.35 bits per heavy atom. The van der Waals surface area contributed by atoms with Crippen molar-refractivity contribution in [1.29, 1.82) is 0 Å². The minimum absolute atomic E-state index is 0.156. The first-order chi connectivity index (χ1) is 8.15. The number of methoxy groups -OCH3 is 1. The molecule has 0 radical (unpaired) electrons. The lowest BCUT2D eigenvalue weighted by Gasteiger charge is -2.25. The van der Waals surface area contributed by atoms with Crippen LogP contribution in [-0.4, -0.2) is 20.2 Å². The van der Waals surface area contributed by atoms with Gasteiger partial charge in [0, 0.05) is 5.56 Å². The summed E-state index contributed by atoms with van der Waals surface area (Å²) in [4.78, 5) is 0. The molecule has 0 atom stereocenters. The van der Waals surface area contributed by atoms with Crippen LogP contribution < -0.4 is 10.1 Å². The molecule has 0 bridgehead atoms. The second-order valence-corrected chi connectivity index (χ2v) is 4.93. The molecule has 1 N–H and O–H groups in total. The molecule has 1 fully saturated rings. The zero-order chi connectivity index (χ0) is 12.4. The molecule has 1 heterocycles. The lowest BCUT2D eigenvalue weighted by molar-refractivity contribution is 0.363. The lowest BCUT2D eigenvalue weighted by Crippen LogP contribution is -2.27. The van der Waals surface area contributed by atoms with E-state index in [2.05, 4.69) is 21.2 Å². The first kappa shape index (κ1) is 12.8. The van der Waals surface area contributed by atoms with Crippen molar-refractivity contribution in [3.8, 4) is 5.75 Å². The van der Waals surface area contributed by atoms with Crippen molar-refractivity contribution in [3.05, 3.63) is 27.7 Å². The minimum Gasteiger partial charge on any atom is -0.493 e. The maximum absolute atomic E-state index is 13.9. The van der Waals surface area contributed by atoms with Gasteiger partial charge in [0.1, 0.15) is 5.82 Å². The number of piperidine rings is 1. The van der Waals surface area contributed by atoms with Crippen LogP contribution in [0.25, 0.3) is 0 Å². The van der Waals surface area contributed by atoms with Crippen molar-refractivity contribution in [1.82, 2.24) is 5.32 Å². The van der Waals surface area contributed by atoms with Gasteiger partial charge in [-0.3, -0.25) is 0 Å². The third-order valence-corrected chi connectivity index (χ3v) is 3.86. The fourth-order valence-electron chi connectivity index (χ4n) is 2.24. The highest BCUT2D eigenvalue weighted by molar-refractivity contribution is 9.10. The van der Waals surface area contributed by atoms with Crippen molar-refractivity contribution in [2.24, 2.45) is 0 Å². The summed E-state index contributed by atoms with van der Waals surface area (Å²) < 4.78 is 32.3. The van der Waals surface area contributed by atoms with Gasteiger partial charge in [-0.05, 0) is 53.8 Å². The van der Waals surface area contributed by atoms with E-state index < -0.39 is 11.6 Å². The van der Waals surface area contributed by atoms with Crippen LogP contribution in [0.15, 0.2) is 10.5 Å². The monoisotopic (exact) mass is 305 g/mol. The molecule has 0 saturated carbocycles. The predicted octanol–water partition coefficient (Wildman–Crippen LogP) is 3.20. The van der Waals surface area contributed by atoms with Crippen molar-refractivity contribution in [2.75, 3.05) is 20.2 Å². The van der Waals surface area contributed by atoms with Gasteiger partial charge in [0.15, 0.2) is 11.6 Å². The summed E-state index contributed by atoms with van der Waals surface area (Å²) in [7, 11) is 1.41. The molecule has 1 saturated heterocycles. The van der Waals surface area contributed by atoms with Crippen LogP contribution in [0.1, 0.15) is 24.3 Å². The molecule has 0 spiro atoms. The SMILES string of the molecule is COc1c(C2CCNCC2)cc(F)c(Br)c1F. The molecule has 0 amide bonds. The molecular formula is C12H14BrF2NO. The molecule has 0 unspecified atom stereocenters. The third kappa shape index (κ3) is 2.45. The third-order valence-electron chi connectivity index (χ3n) is 3.13. The zero-order valence-corrected chi connectivity index (χ0v) is 11.1. The summed E-state index contributed by atoms with van der Waals surface area (Å²) >= 11 is 2.89. The van der Waals surface area contributed by atoms with E-state index in [0.29, 0.717) is 5.56 Å². The molecule has 0 aliphatic carbocycles. The number of halogens is 3. The van der Waals surface area contributed by atoms with Crippen molar-refractivity contribution < 1.29 is 13.5 Å². The van der Waals surface area contributed by atoms with Crippen molar-refractivity contribution in [2.45, 2.75) is 18.8 Å². The first-order valence-electron chi connectivity index (χ1n) is 5.57. The maximum Gasteiger partial charge on any atom is 0.182 e.